The number of aryl methyl sites for hydroxylation is 1. The summed E-state index contributed by atoms with van der Waals surface area (Å²) in [6.45, 7) is 7.85. The summed E-state index contributed by atoms with van der Waals surface area (Å²) in [5, 5.41) is 11.8. The monoisotopic (exact) mass is 309 g/mol. The van der Waals surface area contributed by atoms with Crippen LogP contribution in [0.25, 0.3) is 0 Å². The van der Waals surface area contributed by atoms with Crippen molar-refractivity contribution in [3.05, 3.63) is 29.8 Å². The van der Waals surface area contributed by atoms with E-state index in [9.17, 15) is 4.79 Å². The number of rotatable bonds is 7. The maximum absolute atomic E-state index is 11.5. The Labute approximate surface area is 132 Å². The summed E-state index contributed by atoms with van der Waals surface area (Å²) in [5.74, 6) is 0.779. The van der Waals surface area contributed by atoms with Crippen LogP contribution in [-0.2, 0) is 11.2 Å². The van der Waals surface area contributed by atoms with Crippen LogP contribution < -0.4 is 10.1 Å². The number of hydrogen-bond donors (Lipinski definition) is 2. The Morgan fingerprint density at radius 3 is 2.64 bits per heavy atom. The highest BCUT2D eigenvalue weighted by molar-refractivity contribution is 5.67. The molecule has 5 heteroatoms. The van der Waals surface area contributed by atoms with Crippen molar-refractivity contribution < 1.29 is 19.4 Å². The third-order valence-electron chi connectivity index (χ3n) is 2.85. The van der Waals surface area contributed by atoms with Gasteiger partial charge in [0.25, 0.3) is 0 Å². The lowest BCUT2D eigenvalue weighted by atomic mass is 10.1. The molecule has 0 heterocycles. The van der Waals surface area contributed by atoms with Gasteiger partial charge in [0, 0.05) is 6.54 Å². The number of aliphatic hydroxyl groups is 1. The molecule has 0 aliphatic rings. The van der Waals surface area contributed by atoms with Crippen LogP contribution in [-0.4, -0.2) is 36.1 Å². The van der Waals surface area contributed by atoms with Gasteiger partial charge < -0.3 is 19.9 Å². The Balaban J connectivity index is 2.40. The van der Waals surface area contributed by atoms with Gasteiger partial charge in [0.1, 0.15) is 17.5 Å². The third kappa shape index (κ3) is 7.31. The van der Waals surface area contributed by atoms with Gasteiger partial charge in [0.05, 0.1) is 6.61 Å². The summed E-state index contributed by atoms with van der Waals surface area (Å²) in [6, 6.07) is 7.74. The normalized spacial score (nSPS) is 12.6. The molecule has 0 radical (unpaired) electrons. The van der Waals surface area contributed by atoms with E-state index in [0.29, 0.717) is 6.54 Å². The Bertz CT molecular complexity index is 468. The fourth-order valence-corrected chi connectivity index (χ4v) is 1.86. The Morgan fingerprint density at radius 1 is 1.32 bits per heavy atom. The molecule has 0 saturated heterocycles. The number of aliphatic hydroxyl groups excluding tert-OH is 1. The van der Waals surface area contributed by atoms with Crippen molar-refractivity contribution in [3.8, 4) is 5.75 Å². The van der Waals surface area contributed by atoms with Crippen LogP contribution >= 0.6 is 0 Å². The fourth-order valence-electron chi connectivity index (χ4n) is 1.86. The van der Waals surface area contributed by atoms with Crippen LogP contribution in [0.3, 0.4) is 0 Å². The van der Waals surface area contributed by atoms with Crippen LogP contribution in [0.5, 0.6) is 5.75 Å². The zero-order chi connectivity index (χ0) is 16.6. The predicted molar refractivity (Wildman–Crippen MR) is 86.2 cm³/mol. The topological polar surface area (TPSA) is 67.8 Å². The van der Waals surface area contributed by atoms with Crippen LogP contribution in [0.2, 0.25) is 0 Å². The molecule has 0 bridgehead atoms. The van der Waals surface area contributed by atoms with Gasteiger partial charge in [-0.05, 0) is 52.2 Å². The number of benzene rings is 1. The van der Waals surface area contributed by atoms with Crippen LogP contribution in [0.4, 0.5) is 4.79 Å². The number of amides is 1. The second-order valence-corrected chi connectivity index (χ2v) is 6.25. The average Bonchev–Trinajstić information content (AvgIpc) is 2.43. The molecule has 22 heavy (non-hydrogen) atoms. The number of nitrogens with one attached hydrogen (secondary N) is 1. The van der Waals surface area contributed by atoms with Crippen molar-refractivity contribution in [1.82, 2.24) is 5.32 Å². The SMILES string of the molecule is C[C@@H](CO)Oc1ccccc1CCCNC(=O)OC(C)(C)C. The molecule has 5 nitrogen and oxygen atoms in total. The molecule has 0 saturated carbocycles. The number of hydrogen-bond acceptors (Lipinski definition) is 4. The summed E-state index contributed by atoms with van der Waals surface area (Å²) >= 11 is 0. The van der Waals surface area contributed by atoms with Crippen molar-refractivity contribution in [2.45, 2.75) is 52.2 Å². The van der Waals surface area contributed by atoms with Gasteiger partial charge in [-0.3, -0.25) is 0 Å². The molecule has 0 aliphatic heterocycles. The van der Waals surface area contributed by atoms with Crippen molar-refractivity contribution >= 4 is 6.09 Å². The van der Waals surface area contributed by atoms with Crippen molar-refractivity contribution in [1.29, 1.82) is 0 Å². The predicted octanol–water partition coefficient (Wildman–Crippen LogP) is 2.90. The third-order valence-corrected chi connectivity index (χ3v) is 2.85. The molecule has 124 valence electrons. The first kappa shape index (κ1) is 18.3. The molecule has 1 amide bonds. The molecule has 0 aliphatic carbocycles. The summed E-state index contributed by atoms with van der Waals surface area (Å²) in [4.78, 5) is 11.5. The van der Waals surface area contributed by atoms with E-state index >= 15 is 0 Å². The first-order valence-corrected chi connectivity index (χ1v) is 7.64. The molecule has 0 unspecified atom stereocenters. The minimum atomic E-state index is -0.481. The number of ether oxygens (including phenoxy) is 2. The van der Waals surface area contributed by atoms with E-state index in [2.05, 4.69) is 5.32 Å². The summed E-state index contributed by atoms with van der Waals surface area (Å²) in [7, 11) is 0. The number of carbonyl (C=O) groups excluding carboxylic acids is 1. The van der Waals surface area contributed by atoms with E-state index in [1.165, 1.54) is 0 Å². The number of para-hydroxylation sites is 1. The smallest absolute Gasteiger partial charge is 0.407 e. The average molecular weight is 309 g/mol. The highest BCUT2D eigenvalue weighted by Gasteiger charge is 2.15. The molecule has 1 aromatic carbocycles. The van der Waals surface area contributed by atoms with Gasteiger partial charge in [-0.2, -0.15) is 0 Å². The fraction of sp³-hybridized carbons (Fsp3) is 0.588. The van der Waals surface area contributed by atoms with Gasteiger partial charge in [-0.25, -0.2) is 4.79 Å². The number of alkyl carbamates (subject to hydrolysis) is 1. The minimum Gasteiger partial charge on any atom is -0.488 e. The first-order chi connectivity index (χ1) is 10.3. The van der Waals surface area contributed by atoms with E-state index in [1.807, 2.05) is 52.0 Å². The van der Waals surface area contributed by atoms with Crippen LogP contribution in [0.1, 0.15) is 39.7 Å². The maximum Gasteiger partial charge on any atom is 0.407 e. The molecule has 1 rings (SSSR count). The second-order valence-electron chi connectivity index (χ2n) is 6.25. The quantitative estimate of drug-likeness (QED) is 0.760. The zero-order valence-corrected chi connectivity index (χ0v) is 13.9. The van der Waals surface area contributed by atoms with E-state index in [1.54, 1.807) is 0 Å². The van der Waals surface area contributed by atoms with E-state index < -0.39 is 11.7 Å². The van der Waals surface area contributed by atoms with E-state index in [-0.39, 0.29) is 12.7 Å². The zero-order valence-electron chi connectivity index (χ0n) is 13.9. The summed E-state index contributed by atoms with van der Waals surface area (Å²) in [6.07, 6.45) is 0.934. The molecule has 0 fully saturated rings. The standard InChI is InChI=1S/C17H27NO4/c1-13(12-19)21-15-10-6-5-8-14(15)9-7-11-18-16(20)22-17(2,3)4/h5-6,8,10,13,19H,7,9,11-12H2,1-4H3,(H,18,20)/t13-/m0/s1. The molecule has 2 N–H and O–H groups in total. The van der Waals surface area contributed by atoms with Crippen molar-refractivity contribution in [3.63, 3.8) is 0 Å². The molecule has 1 atom stereocenters. The van der Waals surface area contributed by atoms with Gasteiger partial charge in [0.15, 0.2) is 0 Å². The van der Waals surface area contributed by atoms with E-state index in [0.717, 1.165) is 24.2 Å². The lowest BCUT2D eigenvalue weighted by molar-refractivity contribution is 0.0527. The minimum absolute atomic E-state index is 0.0193. The largest absolute Gasteiger partial charge is 0.488 e. The summed E-state index contributed by atoms with van der Waals surface area (Å²) < 4.78 is 10.9. The Morgan fingerprint density at radius 2 is 2.00 bits per heavy atom. The molecular weight excluding hydrogens is 282 g/mol. The summed E-state index contributed by atoms with van der Waals surface area (Å²) in [5.41, 5.74) is 0.582. The maximum atomic E-state index is 11.5. The van der Waals surface area contributed by atoms with E-state index in [4.69, 9.17) is 14.6 Å². The molecule has 1 aromatic rings. The Kier molecular flexibility index (Phi) is 7.18. The van der Waals surface area contributed by atoms with Crippen LogP contribution in [0.15, 0.2) is 24.3 Å². The lowest BCUT2D eigenvalue weighted by Crippen LogP contribution is -2.33. The lowest BCUT2D eigenvalue weighted by Gasteiger charge is -2.19. The highest BCUT2D eigenvalue weighted by atomic mass is 16.6. The van der Waals surface area contributed by atoms with Gasteiger partial charge >= 0.3 is 6.09 Å². The van der Waals surface area contributed by atoms with Crippen LogP contribution in [0, 0.1) is 0 Å². The first-order valence-electron chi connectivity index (χ1n) is 7.64. The Hall–Kier alpha value is -1.75. The van der Waals surface area contributed by atoms with Crippen molar-refractivity contribution in [2.75, 3.05) is 13.2 Å². The van der Waals surface area contributed by atoms with Crippen molar-refractivity contribution in [2.24, 2.45) is 0 Å². The van der Waals surface area contributed by atoms with Gasteiger partial charge in [0.2, 0.25) is 0 Å². The number of carbonyl (C=O) groups is 1. The van der Waals surface area contributed by atoms with Gasteiger partial charge in [-0.1, -0.05) is 18.2 Å². The molecular formula is C17H27NO4. The highest BCUT2D eigenvalue weighted by Crippen LogP contribution is 2.20. The second kappa shape index (κ2) is 8.63. The molecule has 0 spiro atoms. The molecule has 0 aromatic heterocycles. The van der Waals surface area contributed by atoms with Gasteiger partial charge in [-0.15, -0.1) is 0 Å².